The monoisotopic (exact) mass is 323 g/mol. The van der Waals surface area contributed by atoms with E-state index in [9.17, 15) is 19.4 Å². The maximum atomic E-state index is 13.4. The molecule has 20 heavy (non-hydrogen) atoms. The zero-order valence-corrected chi connectivity index (χ0v) is 12.7. The Morgan fingerprint density at radius 2 is 1.85 bits per heavy atom. The number of halogens is 3. The molecule has 1 amide bonds. The molecule has 0 aliphatic rings. The van der Waals surface area contributed by atoms with Crippen LogP contribution < -0.4 is 0 Å². The fourth-order valence-corrected chi connectivity index (χ4v) is 2.15. The van der Waals surface area contributed by atoms with Gasteiger partial charge in [-0.1, -0.05) is 30.1 Å². The van der Waals surface area contributed by atoms with Crippen molar-refractivity contribution in [3.8, 4) is 0 Å². The molecule has 0 fully saturated rings. The van der Waals surface area contributed by atoms with Crippen LogP contribution in [0.25, 0.3) is 0 Å². The van der Waals surface area contributed by atoms with Crippen molar-refractivity contribution in [3.05, 3.63) is 33.6 Å². The number of benzene rings is 1. The number of hydrogen-bond acceptors (Lipinski definition) is 3. The summed E-state index contributed by atoms with van der Waals surface area (Å²) in [5, 5.41) is 18.3. The molecule has 112 valence electrons. The summed E-state index contributed by atoms with van der Waals surface area (Å²) in [5.74, 6) is -1.25. The Morgan fingerprint density at radius 1 is 1.30 bits per heavy atom. The Bertz CT molecular complexity index is 507. The molecule has 0 aliphatic carbocycles. The zero-order chi connectivity index (χ0) is 15.5. The Balaban J connectivity index is 2.98. The van der Waals surface area contributed by atoms with Gasteiger partial charge in [-0.3, -0.25) is 4.79 Å². The summed E-state index contributed by atoms with van der Waals surface area (Å²) >= 11 is 11.5. The average Bonchev–Trinajstić information content (AvgIpc) is 2.41. The van der Waals surface area contributed by atoms with Crippen molar-refractivity contribution in [2.75, 3.05) is 26.8 Å². The number of hydrogen-bond donors (Lipinski definition) is 2. The fourth-order valence-electron chi connectivity index (χ4n) is 1.69. The summed E-state index contributed by atoms with van der Waals surface area (Å²) in [5.41, 5.74) is -0.865. The first-order chi connectivity index (χ1) is 9.24. The second-order valence-corrected chi connectivity index (χ2v) is 5.85. The van der Waals surface area contributed by atoms with Crippen LogP contribution in [0.5, 0.6) is 0 Å². The van der Waals surface area contributed by atoms with Crippen molar-refractivity contribution in [2.24, 2.45) is 5.41 Å². The van der Waals surface area contributed by atoms with Crippen LogP contribution >= 0.6 is 23.2 Å². The van der Waals surface area contributed by atoms with Crippen molar-refractivity contribution in [1.29, 1.82) is 0 Å². The first kappa shape index (κ1) is 17.2. The molecule has 1 aromatic carbocycles. The molecule has 0 spiro atoms. The van der Waals surface area contributed by atoms with Gasteiger partial charge in [-0.2, -0.15) is 0 Å². The van der Waals surface area contributed by atoms with E-state index in [2.05, 4.69) is 0 Å². The number of rotatable bonds is 5. The molecule has 4 nitrogen and oxygen atoms in total. The molecule has 0 saturated heterocycles. The summed E-state index contributed by atoms with van der Waals surface area (Å²) in [7, 11) is 1.48. The number of aliphatic hydroxyl groups excluding tert-OH is 2. The van der Waals surface area contributed by atoms with Crippen molar-refractivity contribution >= 4 is 29.1 Å². The number of nitrogens with zero attached hydrogens (tertiary/aromatic N) is 1. The quantitative estimate of drug-likeness (QED) is 0.816. The molecular formula is C13H16Cl2FNO3. The Labute approximate surface area is 126 Å². The highest BCUT2D eigenvalue weighted by Crippen LogP contribution is 2.26. The molecule has 0 saturated carbocycles. The van der Waals surface area contributed by atoms with Gasteiger partial charge in [-0.25, -0.2) is 4.39 Å². The second-order valence-electron chi connectivity index (χ2n) is 5.03. The second kappa shape index (κ2) is 6.72. The highest BCUT2D eigenvalue weighted by molar-refractivity contribution is 6.36. The first-order valence-electron chi connectivity index (χ1n) is 5.86. The van der Waals surface area contributed by atoms with Gasteiger partial charge in [0.05, 0.1) is 28.8 Å². The Hall–Kier alpha value is -0.880. The number of carbonyl (C=O) groups is 1. The van der Waals surface area contributed by atoms with E-state index in [4.69, 9.17) is 23.2 Å². The SMILES string of the molecule is CN(CC(C)(CO)CO)C(=O)c1cc(F)c(Cl)cc1Cl. The molecule has 1 rings (SSSR count). The largest absolute Gasteiger partial charge is 0.396 e. The molecular weight excluding hydrogens is 308 g/mol. The van der Waals surface area contributed by atoms with Gasteiger partial charge in [0.15, 0.2) is 0 Å². The Kier molecular flexibility index (Phi) is 5.77. The summed E-state index contributed by atoms with van der Waals surface area (Å²) < 4.78 is 13.4. The maximum Gasteiger partial charge on any atom is 0.255 e. The summed E-state index contributed by atoms with van der Waals surface area (Å²) in [6, 6.07) is 2.13. The van der Waals surface area contributed by atoms with Gasteiger partial charge in [0.2, 0.25) is 0 Å². The minimum Gasteiger partial charge on any atom is -0.396 e. The molecule has 0 aliphatic heterocycles. The normalized spacial score (nSPS) is 11.6. The van der Waals surface area contributed by atoms with Crippen molar-refractivity contribution in [3.63, 3.8) is 0 Å². The van der Waals surface area contributed by atoms with Crippen molar-refractivity contribution in [2.45, 2.75) is 6.92 Å². The van der Waals surface area contributed by atoms with Crippen LogP contribution in [-0.2, 0) is 0 Å². The number of aliphatic hydroxyl groups is 2. The third-order valence-corrected chi connectivity index (χ3v) is 3.57. The molecule has 0 heterocycles. The van der Waals surface area contributed by atoms with E-state index < -0.39 is 17.1 Å². The highest BCUT2D eigenvalue weighted by Gasteiger charge is 2.28. The maximum absolute atomic E-state index is 13.4. The lowest BCUT2D eigenvalue weighted by molar-refractivity contribution is 0.0366. The van der Waals surface area contributed by atoms with E-state index in [-0.39, 0.29) is 35.4 Å². The first-order valence-corrected chi connectivity index (χ1v) is 6.61. The third-order valence-electron chi connectivity index (χ3n) is 2.97. The molecule has 1 aromatic rings. The minimum atomic E-state index is -0.845. The van der Waals surface area contributed by atoms with Gasteiger partial charge in [-0.15, -0.1) is 0 Å². The highest BCUT2D eigenvalue weighted by atomic mass is 35.5. The number of amides is 1. The van der Waals surface area contributed by atoms with Crippen molar-refractivity contribution in [1.82, 2.24) is 4.90 Å². The van der Waals surface area contributed by atoms with Gasteiger partial charge in [0, 0.05) is 19.0 Å². The third kappa shape index (κ3) is 3.82. The summed E-state index contributed by atoms with van der Waals surface area (Å²) in [6.07, 6.45) is 0. The van der Waals surface area contributed by atoms with E-state index in [1.807, 2.05) is 0 Å². The molecule has 2 N–H and O–H groups in total. The summed E-state index contributed by atoms with van der Waals surface area (Å²) in [6.45, 7) is 1.15. The van der Waals surface area contributed by atoms with E-state index in [1.165, 1.54) is 11.9 Å². The molecule has 7 heteroatoms. The van der Waals surface area contributed by atoms with Gasteiger partial charge in [0.25, 0.3) is 5.91 Å². The summed E-state index contributed by atoms with van der Waals surface area (Å²) in [4.78, 5) is 13.5. The Morgan fingerprint density at radius 3 is 2.35 bits per heavy atom. The van der Waals surface area contributed by atoms with Crippen molar-refractivity contribution < 1.29 is 19.4 Å². The van der Waals surface area contributed by atoms with E-state index in [0.717, 1.165) is 12.1 Å². The van der Waals surface area contributed by atoms with Crippen LogP contribution in [0.2, 0.25) is 10.0 Å². The van der Waals surface area contributed by atoms with Gasteiger partial charge in [-0.05, 0) is 12.1 Å². The predicted octanol–water partition coefficient (Wildman–Crippen LogP) is 2.20. The smallest absolute Gasteiger partial charge is 0.255 e. The van der Waals surface area contributed by atoms with Crippen LogP contribution in [0.4, 0.5) is 4.39 Å². The lowest BCUT2D eigenvalue weighted by atomic mass is 9.92. The van der Waals surface area contributed by atoms with Crippen LogP contribution in [0.15, 0.2) is 12.1 Å². The molecule has 0 radical (unpaired) electrons. The molecule has 0 aromatic heterocycles. The van der Waals surface area contributed by atoms with Crippen LogP contribution in [0, 0.1) is 11.2 Å². The molecule has 0 unspecified atom stereocenters. The topological polar surface area (TPSA) is 60.8 Å². The lowest BCUT2D eigenvalue weighted by Gasteiger charge is -2.30. The van der Waals surface area contributed by atoms with Gasteiger partial charge < -0.3 is 15.1 Å². The van der Waals surface area contributed by atoms with E-state index >= 15 is 0 Å². The fraction of sp³-hybridized carbons (Fsp3) is 0.462. The molecule has 0 bridgehead atoms. The van der Waals surface area contributed by atoms with E-state index in [0.29, 0.717) is 0 Å². The minimum absolute atomic E-state index is 0.0192. The predicted molar refractivity (Wildman–Crippen MR) is 75.7 cm³/mol. The lowest BCUT2D eigenvalue weighted by Crippen LogP contribution is -2.41. The van der Waals surface area contributed by atoms with Crippen LogP contribution in [0.1, 0.15) is 17.3 Å². The molecule has 0 atom stereocenters. The van der Waals surface area contributed by atoms with E-state index in [1.54, 1.807) is 6.92 Å². The van der Waals surface area contributed by atoms with Gasteiger partial charge >= 0.3 is 0 Å². The average molecular weight is 324 g/mol. The standard InChI is InChI=1S/C13H16Cl2FNO3/c1-13(6-18,7-19)5-17(2)12(20)8-3-11(16)10(15)4-9(8)14/h3-4,18-19H,5-7H2,1-2H3. The van der Waals surface area contributed by atoms with Crippen LogP contribution in [0.3, 0.4) is 0 Å². The van der Waals surface area contributed by atoms with Crippen LogP contribution in [-0.4, -0.2) is 47.8 Å². The number of carbonyl (C=O) groups excluding carboxylic acids is 1. The zero-order valence-electron chi connectivity index (χ0n) is 11.2. The van der Waals surface area contributed by atoms with Gasteiger partial charge in [0.1, 0.15) is 5.82 Å².